The van der Waals surface area contributed by atoms with Crippen LogP contribution in [0.25, 0.3) is 11.4 Å². The monoisotopic (exact) mass is 399 g/mol. The van der Waals surface area contributed by atoms with Crippen LogP contribution in [0, 0.1) is 6.92 Å². The van der Waals surface area contributed by atoms with Crippen LogP contribution in [-0.4, -0.2) is 68.3 Å². The maximum Gasteiger partial charge on any atom is 0.233 e. The Morgan fingerprint density at radius 1 is 1.18 bits per heavy atom. The summed E-state index contributed by atoms with van der Waals surface area (Å²) in [6.45, 7) is 10.3. The Bertz CT molecular complexity index is 871. The maximum absolute atomic E-state index is 12.6. The molecule has 7 nitrogen and oxygen atoms in total. The molecule has 0 atom stereocenters. The molecule has 1 fully saturated rings. The number of hydrogen-bond donors (Lipinski definition) is 0. The van der Waals surface area contributed by atoms with Crippen LogP contribution in [0.3, 0.4) is 0 Å². The van der Waals surface area contributed by atoms with Crippen molar-refractivity contribution in [3.8, 4) is 11.4 Å². The third-order valence-electron chi connectivity index (χ3n) is 4.71. The van der Waals surface area contributed by atoms with Gasteiger partial charge in [0.15, 0.2) is 11.0 Å². The van der Waals surface area contributed by atoms with E-state index in [-0.39, 0.29) is 11.8 Å². The smallest absolute Gasteiger partial charge is 0.233 e. The van der Waals surface area contributed by atoms with Gasteiger partial charge in [-0.2, -0.15) is 0 Å². The minimum absolute atomic E-state index is 0.0541. The molecule has 1 aliphatic heterocycles. The number of amides is 2. The number of hydrogen-bond acceptors (Lipinski definition) is 5. The highest BCUT2D eigenvalue weighted by Gasteiger charge is 2.23. The summed E-state index contributed by atoms with van der Waals surface area (Å²) in [6.07, 6.45) is 1.80. The lowest BCUT2D eigenvalue weighted by molar-refractivity contribution is -0.136. The van der Waals surface area contributed by atoms with Gasteiger partial charge in [0.2, 0.25) is 11.8 Å². The molecule has 1 aliphatic rings. The predicted molar refractivity (Wildman–Crippen MR) is 110 cm³/mol. The molecule has 2 amide bonds. The number of rotatable bonds is 6. The standard InChI is InChI=1S/C20H25N5O2S/c1-4-8-25-19(17-7-5-6-15(2)13-17)21-22-20(25)28-14-18(27)24-11-9-23(10-12-24)16(3)26/h4-7,13H,1,8-12,14H2,2-3H3. The van der Waals surface area contributed by atoms with E-state index in [0.29, 0.717) is 43.6 Å². The molecule has 0 unspecified atom stereocenters. The number of allylic oxidation sites excluding steroid dienone is 1. The first-order valence-corrected chi connectivity index (χ1v) is 10.3. The van der Waals surface area contributed by atoms with Crippen LogP contribution in [0.5, 0.6) is 0 Å². The van der Waals surface area contributed by atoms with E-state index in [1.54, 1.807) is 17.9 Å². The second-order valence-corrected chi connectivity index (χ2v) is 7.69. The average Bonchev–Trinajstić information content (AvgIpc) is 3.09. The second kappa shape index (κ2) is 9.05. The van der Waals surface area contributed by atoms with Gasteiger partial charge in [-0.15, -0.1) is 16.8 Å². The maximum atomic E-state index is 12.6. The van der Waals surface area contributed by atoms with Crippen LogP contribution in [0.1, 0.15) is 12.5 Å². The number of thioether (sulfide) groups is 1. The lowest BCUT2D eigenvalue weighted by atomic mass is 10.1. The molecule has 1 saturated heterocycles. The first kappa shape index (κ1) is 20.1. The van der Waals surface area contributed by atoms with E-state index in [4.69, 9.17) is 0 Å². The summed E-state index contributed by atoms with van der Waals surface area (Å²) < 4.78 is 1.98. The fraction of sp³-hybridized carbons (Fsp3) is 0.400. The lowest BCUT2D eigenvalue weighted by Crippen LogP contribution is -2.50. The van der Waals surface area contributed by atoms with Gasteiger partial charge in [-0.25, -0.2) is 0 Å². The molecule has 3 rings (SSSR count). The first-order valence-electron chi connectivity index (χ1n) is 9.27. The van der Waals surface area contributed by atoms with E-state index >= 15 is 0 Å². The molecule has 2 aromatic rings. The van der Waals surface area contributed by atoms with E-state index in [9.17, 15) is 9.59 Å². The number of aryl methyl sites for hydroxylation is 1. The van der Waals surface area contributed by atoms with Crippen molar-refractivity contribution in [1.29, 1.82) is 0 Å². The SMILES string of the molecule is C=CCn1c(SCC(=O)N2CCN(C(C)=O)CC2)nnc1-c1cccc(C)c1. The molecular weight excluding hydrogens is 374 g/mol. The van der Waals surface area contributed by atoms with Gasteiger partial charge in [-0.1, -0.05) is 41.6 Å². The molecule has 1 aromatic carbocycles. The van der Waals surface area contributed by atoms with Gasteiger partial charge in [-0.3, -0.25) is 14.2 Å². The summed E-state index contributed by atoms with van der Waals surface area (Å²) in [4.78, 5) is 27.6. The van der Waals surface area contributed by atoms with Crippen LogP contribution >= 0.6 is 11.8 Å². The molecule has 2 heterocycles. The number of benzene rings is 1. The molecule has 0 N–H and O–H groups in total. The van der Waals surface area contributed by atoms with Crippen LogP contribution in [0.2, 0.25) is 0 Å². The first-order chi connectivity index (χ1) is 13.5. The number of carbonyl (C=O) groups is 2. The van der Waals surface area contributed by atoms with Crippen LogP contribution in [-0.2, 0) is 16.1 Å². The molecule has 148 valence electrons. The number of carbonyl (C=O) groups excluding carboxylic acids is 2. The van der Waals surface area contributed by atoms with Crippen LogP contribution in [0.4, 0.5) is 0 Å². The average molecular weight is 400 g/mol. The molecule has 28 heavy (non-hydrogen) atoms. The minimum atomic E-state index is 0.0541. The quantitative estimate of drug-likeness (QED) is 0.550. The fourth-order valence-electron chi connectivity index (χ4n) is 3.18. The number of aromatic nitrogens is 3. The Labute approximate surface area is 169 Å². The molecule has 1 aromatic heterocycles. The van der Waals surface area contributed by atoms with E-state index in [1.165, 1.54) is 11.8 Å². The zero-order valence-electron chi connectivity index (χ0n) is 16.3. The molecule has 0 aliphatic carbocycles. The summed E-state index contributed by atoms with van der Waals surface area (Å²) >= 11 is 1.39. The largest absolute Gasteiger partial charge is 0.339 e. The van der Waals surface area contributed by atoms with Crippen molar-refractivity contribution in [3.05, 3.63) is 42.5 Å². The second-order valence-electron chi connectivity index (χ2n) is 6.75. The highest BCUT2D eigenvalue weighted by molar-refractivity contribution is 7.99. The molecule has 0 saturated carbocycles. The summed E-state index contributed by atoms with van der Waals surface area (Å²) in [5, 5.41) is 9.34. The Morgan fingerprint density at radius 2 is 1.89 bits per heavy atom. The van der Waals surface area contributed by atoms with Crippen molar-refractivity contribution < 1.29 is 9.59 Å². The topological polar surface area (TPSA) is 71.3 Å². The third-order valence-corrected chi connectivity index (χ3v) is 5.66. The Balaban J connectivity index is 1.67. The van der Waals surface area contributed by atoms with Crippen molar-refractivity contribution in [2.24, 2.45) is 0 Å². The fourth-order valence-corrected chi connectivity index (χ4v) is 4.03. The predicted octanol–water partition coefficient (Wildman–Crippen LogP) is 2.22. The molecule has 0 radical (unpaired) electrons. The molecule has 8 heteroatoms. The van der Waals surface area contributed by atoms with Gasteiger partial charge >= 0.3 is 0 Å². The summed E-state index contributed by atoms with van der Waals surface area (Å²) in [5.74, 6) is 1.18. The van der Waals surface area contributed by atoms with Gasteiger partial charge in [0.1, 0.15) is 0 Å². The zero-order chi connectivity index (χ0) is 20.1. The van der Waals surface area contributed by atoms with Gasteiger partial charge in [0, 0.05) is 45.2 Å². The molecule has 0 bridgehead atoms. The van der Waals surface area contributed by atoms with Gasteiger partial charge in [-0.05, 0) is 13.0 Å². The van der Waals surface area contributed by atoms with Gasteiger partial charge in [0.05, 0.1) is 5.75 Å². The molecular formula is C20H25N5O2S. The molecule has 0 spiro atoms. The van der Waals surface area contributed by atoms with Crippen molar-refractivity contribution in [2.45, 2.75) is 25.5 Å². The van der Waals surface area contributed by atoms with E-state index in [0.717, 1.165) is 17.0 Å². The zero-order valence-corrected chi connectivity index (χ0v) is 17.1. The van der Waals surface area contributed by atoms with Gasteiger partial charge in [0.25, 0.3) is 0 Å². The van der Waals surface area contributed by atoms with Crippen LogP contribution in [0.15, 0.2) is 42.1 Å². The van der Waals surface area contributed by atoms with Crippen LogP contribution < -0.4 is 0 Å². The van der Waals surface area contributed by atoms with E-state index in [1.807, 2.05) is 34.6 Å². The number of nitrogens with zero attached hydrogens (tertiary/aromatic N) is 5. The van der Waals surface area contributed by atoms with Crippen molar-refractivity contribution in [2.75, 3.05) is 31.9 Å². The van der Waals surface area contributed by atoms with Crippen molar-refractivity contribution in [1.82, 2.24) is 24.6 Å². The summed E-state index contributed by atoms with van der Waals surface area (Å²) in [7, 11) is 0. The van der Waals surface area contributed by atoms with Crippen molar-refractivity contribution in [3.63, 3.8) is 0 Å². The Hall–Kier alpha value is -2.61. The van der Waals surface area contributed by atoms with Gasteiger partial charge < -0.3 is 9.80 Å². The summed E-state index contributed by atoms with van der Waals surface area (Å²) in [5.41, 5.74) is 2.15. The minimum Gasteiger partial charge on any atom is -0.339 e. The number of piperazine rings is 1. The van der Waals surface area contributed by atoms with E-state index in [2.05, 4.69) is 22.8 Å². The third kappa shape index (κ3) is 4.62. The van der Waals surface area contributed by atoms with E-state index < -0.39 is 0 Å². The Morgan fingerprint density at radius 3 is 2.54 bits per heavy atom. The van der Waals surface area contributed by atoms with Crippen molar-refractivity contribution >= 4 is 23.6 Å². The highest BCUT2D eigenvalue weighted by Crippen LogP contribution is 2.25. The normalized spacial score (nSPS) is 14.2. The summed E-state index contributed by atoms with van der Waals surface area (Å²) in [6, 6.07) is 8.11. The lowest BCUT2D eigenvalue weighted by Gasteiger charge is -2.34. The Kier molecular flexibility index (Phi) is 6.51. The highest BCUT2D eigenvalue weighted by atomic mass is 32.2.